The standard InChI is InChI=1S/C35H37N5O7/c1-44-31-16-23-5-10-29(31)46-26-4-2-3-24(15-26)21-45-32-19-39(35(43)30-11-9-27(47-30)17-38-14-13-36-22-38)18-28(32)37-33(41)20-40(25-7-8-25)34(42)12-6-23/h2-5,9-11,13-16,22,25,28,32H,6-8,12,17-21H2,1H3,(H,37,41)/t28-,32-/m0/s1. The number of hydrogen-bond donors (Lipinski definition) is 1. The molecule has 1 N–H and O–H groups in total. The van der Waals surface area contributed by atoms with Gasteiger partial charge in [-0.05, 0) is 66.8 Å². The van der Waals surface area contributed by atoms with Gasteiger partial charge in [0.05, 0.1) is 45.3 Å². The van der Waals surface area contributed by atoms with Gasteiger partial charge in [-0.2, -0.15) is 0 Å². The summed E-state index contributed by atoms with van der Waals surface area (Å²) < 4.78 is 25.9. The van der Waals surface area contributed by atoms with E-state index in [1.54, 1.807) is 41.6 Å². The van der Waals surface area contributed by atoms with E-state index in [0.29, 0.717) is 36.0 Å². The number of carbonyl (C=O) groups excluding carboxylic acids is 3. The fourth-order valence-electron chi connectivity index (χ4n) is 6.13. The van der Waals surface area contributed by atoms with Gasteiger partial charge in [0, 0.05) is 37.9 Å². The van der Waals surface area contributed by atoms with Gasteiger partial charge in [0.15, 0.2) is 17.3 Å². The number of furan rings is 1. The van der Waals surface area contributed by atoms with Crippen LogP contribution in [0.4, 0.5) is 0 Å². The lowest BCUT2D eigenvalue weighted by Gasteiger charge is -2.25. The van der Waals surface area contributed by atoms with Crippen LogP contribution in [0.2, 0.25) is 0 Å². The Kier molecular flexibility index (Phi) is 8.66. The Morgan fingerprint density at radius 1 is 1.04 bits per heavy atom. The Bertz CT molecular complexity index is 1750. The Morgan fingerprint density at radius 2 is 1.94 bits per heavy atom. The summed E-state index contributed by atoms with van der Waals surface area (Å²) in [6, 6.07) is 16.2. The second kappa shape index (κ2) is 13.3. The summed E-state index contributed by atoms with van der Waals surface area (Å²) in [6.45, 7) is 1.13. The third kappa shape index (κ3) is 7.17. The summed E-state index contributed by atoms with van der Waals surface area (Å²) in [5.74, 6) is 1.94. The lowest BCUT2D eigenvalue weighted by molar-refractivity contribution is -0.137. The molecule has 12 nitrogen and oxygen atoms in total. The highest BCUT2D eigenvalue weighted by molar-refractivity contribution is 5.92. The zero-order valence-electron chi connectivity index (χ0n) is 26.2. The first-order valence-electron chi connectivity index (χ1n) is 15.9. The number of imidazole rings is 1. The van der Waals surface area contributed by atoms with E-state index in [4.69, 9.17) is 18.6 Å². The largest absolute Gasteiger partial charge is 0.493 e. The van der Waals surface area contributed by atoms with Crippen LogP contribution in [0.3, 0.4) is 0 Å². The van der Waals surface area contributed by atoms with Gasteiger partial charge in [-0.25, -0.2) is 4.98 Å². The average Bonchev–Trinajstić information content (AvgIpc) is 3.40. The van der Waals surface area contributed by atoms with Crippen molar-refractivity contribution in [3.8, 4) is 17.2 Å². The minimum absolute atomic E-state index is 0.0470. The van der Waals surface area contributed by atoms with Crippen LogP contribution in [0.25, 0.3) is 0 Å². The summed E-state index contributed by atoms with van der Waals surface area (Å²) in [4.78, 5) is 47.8. The second-order valence-corrected chi connectivity index (χ2v) is 12.2. The van der Waals surface area contributed by atoms with Gasteiger partial charge in [-0.15, -0.1) is 0 Å². The minimum Gasteiger partial charge on any atom is -0.493 e. The van der Waals surface area contributed by atoms with Gasteiger partial charge >= 0.3 is 0 Å². The summed E-state index contributed by atoms with van der Waals surface area (Å²) >= 11 is 0. The van der Waals surface area contributed by atoms with E-state index in [9.17, 15) is 14.4 Å². The minimum atomic E-state index is -0.493. The highest BCUT2D eigenvalue weighted by Crippen LogP contribution is 2.34. The van der Waals surface area contributed by atoms with Crippen molar-refractivity contribution in [1.82, 2.24) is 24.7 Å². The van der Waals surface area contributed by atoms with E-state index in [-0.39, 0.29) is 62.2 Å². The molecule has 5 heterocycles. The Hall–Kier alpha value is -5.10. The zero-order chi connectivity index (χ0) is 32.3. The first-order chi connectivity index (χ1) is 22.9. The molecule has 1 saturated carbocycles. The van der Waals surface area contributed by atoms with Gasteiger partial charge in [0.25, 0.3) is 5.91 Å². The first kappa shape index (κ1) is 30.5. The van der Waals surface area contributed by atoms with Crippen molar-refractivity contribution in [2.24, 2.45) is 0 Å². The maximum Gasteiger partial charge on any atom is 0.289 e. The SMILES string of the molecule is COc1cc2ccc1Oc1cccc(c1)CO[C@H]1CN(C(=O)c3ccc(Cn4ccnc4)o3)C[C@@H]1NC(=O)CN(C1CC1)C(=O)CC2. The monoisotopic (exact) mass is 639 g/mol. The molecule has 2 aromatic carbocycles. The van der Waals surface area contributed by atoms with E-state index in [0.717, 1.165) is 24.0 Å². The number of amides is 3. The molecule has 1 saturated heterocycles. The summed E-state index contributed by atoms with van der Waals surface area (Å²) in [7, 11) is 1.59. The van der Waals surface area contributed by atoms with E-state index >= 15 is 0 Å². The second-order valence-electron chi connectivity index (χ2n) is 12.2. The predicted octanol–water partition coefficient (Wildman–Crippen LogP) is 3.79. The number of carbonyl (C=O) groups is 3. The van der Waals surface area contributed by atoms with Gasteiger partial charge in [-0.3, -0.25) is 14.4 Å². The normalized spacial score (nSPS) is 20.5. The van der Waals surface area contributed by atoms with Gasteiger partial charge in [0.1, 0.15) is 11.5 Å². The number of benzene rings is 2. The summed E-state index contributed by atoms with van der Waals surface area (Å²) in [5, 5.41) is 3.08. The third-order valence-corrected chi connectivity index (χ3v) is 8.74. The van der Waals surface area contributed by atoms with Crippen LogP contribution in [-0.4, -0.2) is 82.0 Å². The Morgan fingerprint density at radius 3 is 2.74 bits per heavy atom. The molecule has 2 aromatic heterocycles. The summed E-state index contributed by atoms with van der Waals surface area (Å²) in [6.07, 6.45) is 7.21. The molecule has 12 heteroatoms. The lowest BCUT2D eigenvalue weighted by atomic mass is 10.1. The number of methoxy groups -OCH3 is 1. The molecule has 244 valence electrons. The molecule has 0 radical (unpaired) electrons. The number of rotatable bonds is 5. The van der Waals surface area contributed by atoms with Crippen LogP contribution in [0, 0.1) is 0 Å². The van der Waals surface area contributed by atoms with Gasteiger partial charge < -0.3 is 38.3 Å². The Labute approximate surface area is 272 Å². The number of nitrogens with zero attached hydrogens (tertiary/aromatic N) is 4. The number of hydrogen-bond acceptors (Lipinski definition) is 8. The molecule has 4 bridgehead atoms. The Balaban J connectivity index is 1.12. The molecule has 2 fully saturated rings. The highest BCUT2D eigenvalue weighted by Gasteiger charge is 2.39. The molecule has 3 aliphatic heterocycles. The number of likely N-dealkylation sites (tertiary alicyclic amines) is 1. The summed E-state index contributed by atoms with van der Waals surface area (Å²) in [5.41, 5.74) is 1.80. The van der Waals surface area contributed by atoms with Crippen molar-refractivity contribution in [3.63, 3.8) is 0 Å². The van der Waals surface area contributed by atoms with Crippen LogP contribution < -0.4 is 14.8 Å². The van der Waals surface area contributed by atoms with E-state index < -0.39 is 12.1 Å². The average molecular weight is 640 g/mol. The van der Waals surface area contributed by atoms with E-state index in [1.807, 2.05) is 53.2 Å². The van der Waals surface area contributed by atoms with Crippen molar-refractivity contribution < 1.29 is 33.0 Å². The van der Waals surface area contributed by atoms with E-state index in [1.165, 1.54) is 0 Å². The lowest BCUT2D eigenvalue weighted by Crippen LogP contribution is -2.49. The molecule has 3 amide bonds. The third-order valence-electron chi connectivity index (χ3n) is 8.74. The smallest absolute Gasteiger partial charge is 0.289 e. The van der Waals surface area contributed by atoms with Gasteiger partial charge in [-0.1, -0.05) is 18.2 Å². The van der Waals surface area contributed by atoms with Crippen molar-refractivity contribution >= 4 is 17.7 Å². The van der Waals surface area contributed by atoms with Crippen LogP contribution in [0.1, 0.15) is 46.7 Å². The molecular weight excluding hydrogens is 602 g/mol. The van der Waals surface area contributed by atoms with Crippen LogP contribution >= 0.6 is 0 Å². The van der Waals surface area contributed by atoms with Crippen molar-refractivity contribution in [2.45, 2.75) is 57.0 Å². The number of aryl methyl sites for hydroxylation is 1. The van der Waals surface area contributed by atoms with Gasteiger partial charge in [0.2, 0.25) is 11.8 Å². The molecule has 4 aliphatic rings. The molecule has 2 atom stereocenters. The van der Waals surface area contributed by atoms with Crippen molar-refractivity contribution in [2.75, 3.05) is 26.7 Å². The van der Waals surface area contributed by atoms with Crippen LogP contribution in [0.5, 0.6) is 17.2 Å². The first-order valence-corrected chi connectivity index (χ1v) is 15.9. The van der Waals surface area contributed by atoms with Crippen LogP contribution in [0.15, 0.2) is 77.7 Å². The van der Waals surface area contributed by atoms with Crippen LogP contribution in [-0.2, 0) is 33.9 Å². The molecule has 8 rings (SSSR count). The quantitative estimate of drug-likeness (QED) is 0.350. The van der Waals surface area contributed by atoms with Crippen molar-refractivity contribution in [3.05, 3.63) is 96.0 Å². The fourth-order valence-corrected chi connectivity index (χ4v) is 6.13. The fraction of sp³-hybridized carbons (Fsp3) is 0.371. The highest BCUT2D eigenvalue weighted by atomic mass is 16.5. The molecule has 1 aliphatic carbocycles. The number of fused-ring (bicyclic) bond motifs is 9. The van der Waals surface area contributed by atoms with Crippen molar-refractivity contribution in [1.29, 1.82) is 0 Å². The topological polar surface area (TPSA) is 128 Å². The molecular formula is C35H37N5O7. The number of nitrogens with one attached hydrogen (secondary N) is 1. The molecule has 0 unspecified atom stereocenters. The maximum atomic E-state index is 13.6. The van der Waals surface area contributed by atoms with E-state index in [2.05, 4.69) is 10.3 Å². The maximum absolute atomic E-state index is 13.6. The molecule has 47 heavy (non-hydrogen) atoms. The molecule has 0 spiro atoms. The number of ether oxygens (including phenoxy) is 3. The zero-order valence-corrected chi connectivity index (χ0v) is 26.2. The molecule has 4 aromatic rings. The number of aromatic nitrogens is 2. The predicted molar refractivity (Wildman–Crippen MR) is 169 cm³/mol.